The van der Waals surface area contributed by atoms with Crippen LogP contribution in [0.25, 0.3) is 0 Å². The van der Waals surface area contributed by atoms with Crippen LogP contribution in [0.15, 0.2) is 28.7 Å². The summed E-state index contributed by atoms with van der Waals surface area (Å²) < 4.78 is 1.19. The lowest BCUT2D eigenvalue weighted by Crippen LogP contribution is -2.38. The molecule has 0 saturated heterocycles. The number of nitrogens with one attached hydrogen (secondary N) is 1. The molecule has 2 saturated carbocycles. The fraction of sp³-hybridized carbons (Fsp3) is 0.647. The molecule has 2 heteroatoms. The van der Waals surface area contributed by atoms with Crippen LogP contribution in [0.5, 0.6) is 0 Å². The van der Waals surface area contributed by atoms with Crippen LogP contribution in [0.2, 0.25) is 0 Å². The normalized spacial score (nSPS) is 23.0. The van der Waals surface area contributed by atoms with Gasteiger partial charge in [0.25, 0.3) is 0 Å². The number of rotatable bonds is 4. The van der Waals surface area contributed by atoms with E-state index in [1.165, 1.54) is 62.4 Å². The molecular weight excluding hydrogens is 298 g/mol. The van der Waals surface area contributed by atoms with Gasteiger partial charge >= 0.3 is 0 Å². The zero-order chi connectivity index (χ0) is 13.1. The summed E-state index contributed by atoms with van der Waals surface area (Å²) in [6, 6.07) is 9.90. The second kappa shape index (κ2) is 5.97. The number of hydrogen-bond acceptors (Lipinski definition) is 1. The van der Waals surface area contributed by atoms with E-state index in [4.69, 9.17) is 0 Å². The number of benzene rings is 1. The molecule has 0 radical (unpaired) electrons. The van der Waals surface area contributed by atoms with Crippen LogP contribution in [0.4, 0.5) is 0 Å². The molecule has 0 aromatic heterocycles. The van der Waals surface area contributed by atoms with E-state index < -0.39 is 0 Å². The van der Waals surface area contributed by atoms with E-state index in [2.05, 4.69) is 45.5 Å². The van der Waals surface area contributed by atoms with Crippen LogP contribution in [0.3, 0.4) is 0 Å². The summed E-state index contributed by atoms with van der Waals surface area (Å²) in [5.74, 6) is 0. The van der Waals surface area contributed by atoms with Crippen molar-refractivity contribution < 1.29 is 0 Å². The molecule has 1 aromatic carbocycles. The van der Waals surface area contributed by atoms with E-state index in [1.54, 1.807) is 5.56 Å². The first-order valence-electron chi connectivity index (χ1n) is 7.78. The van der Waals surface area contributed by atoms with E-state index in [0.717, 1.165) is 6.04 Å². The minimum atomic E-state index is 0.389. The van der Waals surface area contributed by atoms with Gasteiger partial charge in [0, 0.05) is 22.5 Å². The Morgan fingerprint density at radius 3 is 2.21 bits per heavy atom. The standard InChI is InChI=1S/C17H24BrN/c18-15-7-5-14(6-8-15)17(13-19-16-9-10-16)11-3-1-2-4-12-17/h5-8,16,19H,1-4,9-13H2. The first-order valence-corrected chi connectivity index (χ1v) is 8.57. The summed E-state index contributed by atoms with van der Waals surface area (Å²) in [4.78, 5) is 0. The Morgan fingerprint density at radius 1 is 1.00 bits per heavy atom. The van der Waals surface area contributed by atoms with Crippen LogP contribution >= 0.6 is 15.9 Å². The average molecular weight is 322 g/mol. The highest BCUT2D eigenvalue weighted by atomic mass is 79.9. The van der Waals surface area contributed by atoms with Gasteiger partial charge in [0.2, 0.25) is 0 Å². The second-order valence-corrected chi connectivity index (χ2v) is 7.27. The maximum absolute atomic E-state index is 3.80. The summed E-state index contributed by atoms with van der Waals surface area (Å²) in [5, 5.41) is 3.80. The summed E-state index contributed by atoms with van der Waals surface area (Å²) in [6.45, 7) is 1.18. The van der Waals surface area contributed by atoms with Crippen LogP contribution in [0, 0.1) is 0 Å². The van der Waals surface area contributed by atoms with Crippen molar-refractivity contribution in [3.63, 3.8) is 0 Å². The highest BCUT2D eigenvalue weighted by molar-refractivity contribution is 9.10. The summed E-state index contributed by atoms with van der Waals surface area (Å²) in [5.41, 5.74) is 1.94. The summed E-state index contributed by atoms with van der Waals surface area (Å²) in [6.07, 6.45) is 11.1. The van der Waals surface area contributed by atoms with Gasteiger partial charge in [-0.25, -0.2) is 0 Å². The fourth-order valence-electron chi connectivity index (χ4n) is 3.40. The molecule has 0 spiro atoms. The Labute approximate surface area is 125 Å². The minimum Gasteiger partial charge on any atom is -0.313 e. The highest BCUT2D eigenvalue weighted by Crippen LogP contribution is 2.39. The van der Waals surface area contributed by atoms with Gasteiger partial charge in [0.05, 0.1) is 0 Å². The fourth-order valence-corrected chi connectivity index (χ4v) is 3.67. The van der Waals surface area contributed by atoms with Gasteiger partial charge < -0.3 is 5.32 Å². The minimum absolute atomic E-state index is 0.389. The lowest BCUT2D eigenvalue weighted by Gasteiger charge is -2.34. The van der Waals surface area contributed by atoms with E-state index in [0.29, 0.717) is 5.41 Å². The zero-order valence-electron chi connectivity index (χ0n) is 11.6. The van der Waals surface area contributed by atoms with E-state index >= 15 is 0 Å². The molecule has 0 heterocycles. The third-order valence-corrected chi connectivity index (χ3v) is 5.35. The van der Waals surface area contributed by atoms with E-state index in [-0.39, 0.29) is 0 Å². The molecule has 2 aliphatic carbocycles. The second-order valence-electron chi connectivity index (χ2n) is 6.36. The van der Waals surface area contributed by atoms with E-state index in [1.807, 2.05) is 0 Å². The van der Waals surface area contributed by atoms with Gasteiger partial charge in [-0.15, -0.1) is 0 Å². The number of hydrogen-bond donors (Lipinski definition) is 1. The van der Waals surface area contributed by atoms with Gasteiger partial charge in [-0.05, 0) is 43.4 Å². The molecule has 104 valence electrons. The Morgan fingerprint density at radius 2 is 1.63 bits per heavy atom. The molecule has 1 N–H and O–H groups in total. The van der Waals surface area contributed by atoms with Crippen molar-refractivity contribution in [1.82, 2.24) is 5.32 Å². The lowest BCUT2D eigenvalue weighted by molar-refractivity contribution is 0.346. The Balaban J connectivity index is 1.82. The SMILES string of the molecule is Brc1ccc(C2(CNC3CC3)CCCCCC2)cc1. The molecule has 1 nitrogen and oxygen atoms in total. The molecule has 0 aliphatic heterocycles. The third-order valence-electron chi connectivity index (χ3n) is 4.82. The Hall–Kier alpha value is -0.340. The van der Waals surface area contributed by atoms with E-state index in [9.17, 15) is 0 Å². The van der Waals surface area contributed by atoms with Gasteiger partial charge in [-0.3, -0.25) is 0 Å². The van der Waals surface area contributed by atoms with Gasteiger partial charge in [-0.1, -0.05) is 53.7 Å². The molecule has 2 aliphatic rings. The van der Waals surface area contributed by atoms with Crippen molar-refractivity contribution in [3.8, 4) is 0 Å². The predicted octanol–water partition coefficient (Wildman–Crippen LogP) is 4.79. The van der Waals surface area contributed by atoms with Crippen molar-refractivity contribution in [1.29, 1.82) is 0 Å². The van der Waals surface area contributed by atoms with Crippen LogP contribution < -0.4 is 5.32 Å². The van der Waals surface area contributed by atoms with Crippen LogP contribution in [0.1, 0.15) is 56.9 Å². The highest BCUT2D eigenvalue weighted by Gasteiger charge is 2.34. The molecule has 0 atom stereocenters. The Bertz CT molecular complexity index is 400. The predicted molar refractivity (Wildman–Crippen MR) is 84.5 cm³/mol. The topological polar surface area (TPSA) is 12.0 Å². The van der Waals surface area contributed by atoms with Crippen molar-refractivity contribution >= 4 is 15.9 Å². The third kappa shape index (κ3) is 3.41. The first-order chi connectivity index (χ1) is 9.28. The van der Waals surface area contributed by atoms with Gasteiger partial charge in [-0.2, -0.15) is 0 Å². The number of halogens is 1. The summed E-state index contributed by atoms with van der Waals surface area (Å²) >= 11 is 3.56. The molecule has 2 fully saturated rings. The van der Waals surface area contributed by atoms with Crippen molar-refractivity contribution in [2.75, 3.05) is 6.54 Å². The van der Waals surface area contributed by atoms with Crippen molar-refractivity contribution in [3.05, 3.63) is 34.3 Å². The maximum atomic E-state index is 3.80. The monoisotopic (exact) mass is 321 g/mol. The van der Waals surface area contributed by atoms with Gasteiger partial charge in [0.1, 0.15) is 0 Å². The smallest absolute Gasteiger partial charge is 0.0175 e. The maximum Gasteiger partial charge on any atom is 0.0175 e. The molecule has 3 rings (SSSR count). The molecular formula is C17H24BrN. The quantitative estimate of drug-likeness (QED) is 0.786. The molecule has 0 amide bonds. The molecule has 1 aromatic rings. The largest absolute Gasteiger partial charge is 0.313 e. The van der Waals surface area contributed by atoms with Crippen LogP contribution in [-0.4, -0.2) is 12.6 Å². The average Bonchev–Trinajstić information content (AvgIpc) is 3.25. The molecule has 0 bridgehead atoms. The Kier molecular flexibility index (Phi) is 4.28. The zero-order valence-corrected chi connectivity index (χ0v) is 13.2. The van der Waals surface area contributed by atoms with Crippen LogP contribution in [-0.2, 0) is 5.41 Å². The van der Waals surface area contributed by atoms with Crippen molar-refractivity contribution in [2.45, 2.75) is 62.8 Å². The molecule has 19 heavy (non-hydrogen) atoms. The van der Waals surface area contributed by atoms with Gasteiger partial charge in [0.15, 0.2) is 0 Å². The lowest BCUT2D eigenvalue weighted by atomic mass is 9.74. The summed E-state index contributed by atoms with van der Waals surface area (Å²) in [7, 11) is 0. The van der Waals surface area contributed by atoms with Crippen molar-refractivity contribution in [2.24, 2.45) is 0 Å². The first kappa shape index (κ1) is 13.6. The molecule has 0 unspecified atom stereocenters.